The van der Waals surface area contributed by atoms with Crippen molar-refractivity contribution >= 4 is 0 Å². The molecule has 1 saturated heterocycles. The first-order valence-corrected chi connectivity index (χ1v) is 4.26. The molecule has 0 bridgehead atoms. The molecule has 0 atom stereocenters. The normalized spacial score (nSPS) is 20.7. The van der Waals surface area contributed by atoms with E-state index < -0.39 is 0 Å². The van der Waals surface area contributed by atoms with Gasteiger partial charge >= 0.3 is 0 Å². The van der Waals surface area contributed by atoms with E-state index in [0.717, 1.165) is 26.2 Å². The van der Waals surface area contributed by atoms with Gasteiger partial charge < -0.3 is 0 Å². The van der Waals surface area contributed by atoms with Crippen LogP contribution in [-0.2, 0) is 5.11 Å². The van der Waals surface area contributed by atoms with E-state index >= 15 is 0 Å². The SMILES string of the molecule is N#CCN1CCN(CC[O])CC1. The van der Waals surface area contributed by atoms with Crippen LogP contribution in [0.25, 0.3) is 0 Å². The molecule has 0 aromatic rings. The van der Waals surface area contributed by atoms with Gasteiger partial charge in [-0.15, -0.1) is 0 Å². The number of hydrogen-bond donors (Lipinski definition) is 0. The summed E-state index contributed by atoms with van der Waals surface area (Å²) in [7, 11) is 0. The van der Waals surface area contributed by atoms with Crippen LogP contribution in [0.3, 0.4) is 0 Å². The standard InChI is InChI=1S/C8H14N3O/c9-1-2-10-3-5-11(6-4-10)7-8-12/h2-8H2. The number of nitriles is 1. The maximum Gasteiger partial charge on any atom is 0.0949 e. The molecule has 0 saturated carbocycles. The molecule has 0 N–H and O–H groups in total. The van der Waals surface area contributed by atoms with Crippen LogP contribution in [-0.4, -0.2) is 55.7 Å². The van der Waals surface area contributed by atoms with Crippen molar-refractivity contribution in [3.63, 3.8) is 0 Å². The van der Waals surface area contributed by atoms with E-state index in [1.807, 2.05) is 0 Å². The summed E-state index contributed by atoms with van der Waals surface area (Å²) < 4.78 is 0. The van der Waals surface area contributed by atoms with Gasteiger partial charge in [-0.3, -0.25) is 9.80 Å². The summed E-state index contributed by atoms with van der Waals surface area (Å²) in [6.45, 7) is 4.87. The molecule has 12 heavy (non-hydrogen) atoms. The van der Waals surface area contributed by atoms with E-state index in [9.17, 15) is 5.11 Å². The highest BCUT2D eigenvalue weighted by Gasteiger charge is 2.15. The Morgan fingerprint density at radius 2 is 1.75 bits per heavy atom. The maximum atomic E-state index is 10.3. The minimum Gasteiger partial charge on any atom is -0.298 e. The van der Waals surface area contributed by atoms with Gasteiger partial charge in [0, 0.05) is 32.7 Å². The lowest BCUT2D eigenvalue weighted by Gasteiger charge is -2.32. The summed E-state index contributed by atoms with van der Waals surface area (Å²) in [5.41, 5.74) is 0. The maximum absolute atomic E-state index is 10.3. The third-order valence-electron chi connectivity index (χ3n) is 2.17. The molecule has 1 aliphatic heterocycles. The fraction of sp³-hybridized carbons (Fsp3) is 0.875. The molecule has 1 radical (unpaired) electrons. The van der Waals surface area contributed by atoms with Crippen LogP contribution in [0.2, 0.25) is 0 Å². The van der Waals surface area contributed by atoms with Gasteiger partial charge in [0.25, 0.3) is 0 Å². The second kappa shape index (κ2) is 5.09. The fourth-order valence-corrected chi connectivity index (χ4v) is 1.40. The summed E-state index contributed by atoms with van der Waals surface area (Å²) in [4.78, 5) is 4.27. The molecular formula is C8H14N3O. The van der Waals surface area contributed by atoms with Gasteiger partial charge in [0.15, 0.2) is 0 Å². The first-order chi connectivity index (χ1) is 5.86. The van der Waals surface area contributed by atoms with Crippen molar-refractivity contribution in [3.8, 4) is 6.07 Å². The van der Waals surface area contributed by atoms with Crippen LogP contribution < -0.4 is 0 Å². The quantitative estimate of drug-likeness (QED) is 0.537. The molecule has 4 nitrogen and oxygen atoms in total. The summed E-state index contributed by atoms with van der Waals surface area (Å²) in [5, 5.41) is 18.7. The van der Waals surface area contributed by atoms with Gasteiger partial charge in [-0.05, 0) is 0 Å². The van der Waals surface area contributed by atoms with E-state index in [1.165, 1.54) is 0 Å². The molecule has 1 heterocycles. The number of hydrogen-bond acceptors (Lipinski definition) is 3. The molecule has 4 heteroatoms. The highest BCUT2D eigenvalue weighted by molar-refractivity contribution is 4.80. The van der Waals surface area contributed by atoms with Crippen molar-refractivity contribution in [1.29, 1.82) is 5.26 Å². The Bertz CT molecular complexity index is 158. The van der Waals surface area contributed by atoms with Gasteiger partial charge in [-0.1, -0.05) is 0 Å². The van der Waals surface area contributed by atoms with Crippen LogP contribution in [0.15, 0.2) is 0 Å². The lowest BCUT2D eigenvalue weighted by atomic mass is 10.3. The molecular weight excluding hydrogens is 154 g/mol. The van der Waals surface area contributed by atoms with E-state index in [4.69, 9.17) is 5.26 Å². The topological polar surface area (TPSA) is 50.2 Å². The molecule has 0 unspecified atom stereocenters. The smallest absolute Gasteiger partial charge is 0.0949 e. The van der Waals surface area contributed by atoms with Crippen molar-refractivity contribution in [3.05, 3.63) is 0 Å². The first kappa shape index (κ1) is 9.46. The lowest BCUT2D eigenvalue weighted by molar-refractivity contribution is 0.0978. The Labute approximate surface area is 73.0 Å². The minimum absolute atomic E-state index is 0.0156. The van der Waals surface area contributed by atoms with Crippen LogP contribution in [0.5, 0.6) is 0 Å². The highest BCUT2D eigenvalue weighted by Crippen LogP contribution is 1.99. The van der Waals surface area contributed by atoms with Gasteiger partial charge in [0.05, 0.1) is 19.2 Å². The van der Waals surface area contributed by atoms with Gasteiger partial charge in [0.1, 0.15) is 0 Å². The summed E-state index contributed by atoms with van der Waals surface area (Å²) in [6, 6.07) is 2.13. The zero-order valence-corrected chi connectivity index (χ0v) is 7.20. The van der Waals surface area contributed by atoms with Crippen molar-refractivity contribution in [2.45, 2.75) is 0 Å². The minimum atomic E-state index is -0.0156. The van der Waals surface area contributed by atoms with Gasteiger partial charge in [0.2, 0.25) is 0 Å². The zero-order chi connectivity index (χ0) is 8.81. The molecule has 1 fully saturated rings. The third-order valence-corrected chi connectivity index (χ3v) is 2.17. The van der Waals surface area contributed by atoms with E-state index in [1.54, 1.807) is 0 Å². The fourth-order valence-electron chi connectivity index (χ4n) is 1.40. The zero-order valence-electron chi connectivity index (χ0n) is 7.20. The summed E-state index contributed by atoms with van der Waals surface area (Å²) in [5.74, 6) is 0. The lowest BCUT2D eigenvalue weighted by Crippen LogP contribution is -2.47. The summed E-state index contributed by atoms with van der Waals surface area (Å²) >= 11 is 0. The van der Waals surface area contributed by atoms with Gasteiger partial charge in [-0.2, -0.15) is 5.26 Å². The molecule has 0 spiro atoms. The van der Waals surface area contributed by atoms with Crippen molar-refractivity contribution in [1.82, 2.24) is 9.80 Å². The molecule has 0 aromatic heterocycles. The van der Waals surface area contributed by atoms with Crippen molar-refractivity contribution in [2.75, 3.05) is 45.9 Å². The largest absolute Gasteiger partial charge is 0.298 e. The Hall–Kier alpha value is -0.630. The second-order valence-electron chi connectivity index (χ2n) is 2.98. The van der Waals surface area contributed by atoms with Crippen molar-refractivity contribution < 1.29 is 5.11 Å². The Kier molecular flexibility index (Phi) is 4.01. The number of rotatable bonds is 3. The van der Waals surface area contributed by atoms with Gasteiger partial charge in [-0.25, -0.2) is 5.11 Å². The Morgan fingerprint density at radius 1 is 1.17 bits per heavy atom. The van der Waals surface area contributed by atoms with Crippen LogP contribution in [0.1, 0.15) is 0 Å². The average Bonchev–Trinajstić information content (AvgIpc) is 2.09. The predicted molar refractivity (Wildman–Crippen MR) is 44.0 cm³/mol. The van der Waals surface area contributed by atoms with Crippen molar-refractivity contribution in [2.24, 2.45) is 0 Å². The number of nitrogens with zero attached hydrogens (tertiary/aromatic N) is 3. The molecule has 0 aromatic carbocycles. The molecule has 1 rings (SSSR count). The van der Waals surface area contributed by atoms with Crippen LogP contribution >= 0.6 is 0 Å². The predicted octanol–water partition coefficient (Wildman–Crippen LogP) is -0.442. The van der Waals surface area contributed by atoms with E-state index in [0.29, 0.717) is 13.1 Å². The third kappa shape index (κ3) is 2.78. The second-order valence-corrected chi connectivity index (χ2v) is 2.98. The molecule has 0 amide bonds. The molecule has 0 aliphatic carbocycles. The average molecular weight is 168 g/mol. The van der Waals surface area contributed by atoms with Crippen LogP contribution in [0.4, 0.5) is 0 Å². The molecule has 1 aliphatic rings. The van der Waals surface area contributed by atoms with Crippen LogP contribution in [0, 0.1) is 11.3 Å². The first-order valence-electron chi connectivity index (χ1n) is 4.26. The Morgan fingerprint density at radius 3 is 2.25 bits per heavy atom. The highest BCUT2D eigenvalue weighted by atomic mass is 16.3. The van der Waals surface area contributed by atoms with E-state index in [-0.39, 0.29) is 6.61 Å². The molecule has 67 valence electrons. The number of piperazine rings is 1. The monoisotopic (exact) mass is 168 g/mol. The van der Waals surface area contributed by atoms with E-state index in [2.05, 4.69) is 15.9 Å². The summed E-state index contributed by atoms with van der Waals surface area (Å²) in [6.07, 6.45) is 0. The Balaban J connectivity index is 2.16.